The van der Waals surface area contributed by atoms with Crippen molar-refractivity contribution in [1.82, 2.24) is 0 Å². The zero-order valence-electron chi connectivity index (χ0n) is 8.20. The molecule has 16 heavy (non-hydrogen) atoms. The minimum absolute atomic E-state index is 0. The average Bonchev–Trinajstić information content (AvgIpc) is 2.15. The Morgan fingerprint density at radius 2 is 1.88 bits per heavy atom. The number of halogens is 4. The molecule has 1 aromatic carbocycles. The van der Waals surface area contributed by atoms with E-state index in [1.165, 1.54) is 12.1 Å². The third-order valence-corrected chi connectivity index (χ3v) is 2.58. The van der Waals surface area contributed by atoms with Crippen LogP contribution in [0.4, 0.5) is 13.2 Å². The zero-order chi connectivity index (χ0) is 11.5. The Kier molecular flexibility index (Phi) is 5.92. The fourth-order valence-electron chi connectivity index (χ4n) is 1.10. The van der Waals surface area contributed by atoms with E-state index >= 15 is 0 Å². The van der Waals surface area contributed by atoms with Crippen molar-refractivity contribution in [2.75, 3.05) is 0 Å². The minimum atomic E-state index is -4.29. The van der Waals surface area contributed by atoms with Crippen LogP contribution in [-0.4, -0.2) is 5.51 Å². The van der Waals surface area contributed by atoms with Crippen LogP contribution in [0.2, 0.25) is 0 Å². The number of hydrogen-bond donors (Lipinski definition) is 1. The molecule has 0 bridgehead atoms. The Hall–Kier alpha value is -0.650. The third-order valence-electron chi connectivity index (χ3n) is 1.76. The maximum Gasteiger partial charge on any atom is 0.446 e. The maximum absolute atomic E-state index is 12.2. The highest BCUT2D eigenvalue weighted by molar-refractivity contribution is 8.00. The first-order valence-corrected chi connectivity index (χ1v) is 4.98. The summed E-state index contributed by atoms with van der Waals surface area (Å²) in [6.07, 6.45) is 1.41. The van der Waals surface area contributed by atoms with Crippen LogP contribution in [-0.2, 0) is 0 Å². The van der Waals surface area contributed by atoms with E-state index in [0.29, 0.717) is 5.56 Å². The summed E-state index contributed by atoms with van der Waals surface area (Å²) < 4.78 is 36.6. The molecule has 0 heterocycles. The summed E-state index contributed by atoms with van der Waals surface area (Å²) in [5, 5.41) is 0. The molecule has 0 saturated heterocycles. The van der Waals surface area contributed by atoms with Crippen molar-refractivity contribution >= 4 is 24.2 Å². The largest absolute Gasteiger partial charge is 0.446 e. The van der Waals surface area contributed by atoms with Crippen molar-refractivity contribution in [3.63, 3.8) is 0 Å². The van der Waals surface area contributed by atoms with Crippen LogP contribution in [0.1, 0.15) is 11.6 Å². The average molecular weight is 270 g/mol. The first-order valence-electron chi connectivity index (χ1n) is 4.17. The molecule has 0 aromatic heterocycles. The van der Waals surface area contributed by atoms with Gasteiger partial charge in [0.05, 0.1) is 0 Å². The number of hydrogen-bond acceptors (Lipinski definition) is 2. The Morgan fingerprint density at radius 1 is 1.31 bits per heavy atom. The van der Waals surface area contributed by atoms with E-state index in [1.54, 1.807) is 18.2 Å². The van der Waals surface area contributed by atoms with Gasteiger partial charge >= 0.3 is 5.51 Å². The Morgan fingerprint density at radius 3 is 2.38 bits per heavy atom. The van der Waals surface area contributed by atoms with E-state index < -0.39 is 11.6 Å². The molecule has 0 aliphatic heterocycles. The van der Waals surface area contributed by atoms with Gasteiger partial charge in [0.25, 0.3) is 0 Å². The molecule has 0 aliphatic carbocycles. The minimum Gasteiger partial charge on any atom is -0.321 e. The van der Waals surface area contributed by atoms with Gasteiger partial charge in [0, 0.05) is 10.9 Å². The molecule has 0 fully saturated rings. The number of benzene rings is 1. The van der Waals surface area contributed by atoms with Gasteiger partial charge in [-0.15, -0.1) is 19.0 Å². The molecule has 1 aromatic rings. The zero-order valence-corrected chi connectivity index (χ0v) is 9.83. The highest BCUT2D eigenvalue weighted by Gasteiger charge is 2.30. The standard InChI is InChI=1S/C10H10F3NS.ClH/c1-2-8(14)7-5-3-4-6-9(7)15-10(11,12)13;/h2-6,8H,1,14H2;1H/t8-;/m1./s1. The van der Waals surface area contributed by atoms with Gasteiger partial charge in [0.15, 0.2) is 0 Å². The van der Waals surface area contributed by atoms with E-state index in [9.17, 15) is 13.2 Å². The number of nitrogens with two attached hydrogens (primary N) is 1. The summed E-state index contributed by atoms with van der Waals surface area (Å²) in [7, 11) is 0. The van der Waals surface area contributed by atoms with Crippen molar-refractivity contribution in [2.45, 2.75) is 16.4 Å². The second-order valence-corrected chi connectivity index (χ2v) is 3.95. The number of thioether (sulfide) groups is 1. The van der Waals surface area contributed by atoms with E-state index in [0.717, 1.165) is 0 Å². The van der Waals surface area contributed by atoms with Gasteiger partial charge < -0.3 is 5.73 Å². The predicted molar refractivity (Wildman–Crippen MR) is 62.7 cm³/mol. The number of alkyl halides is 3. The summed E-state index contributed by atoms with van der Waals surface area (Å²) in [5.74, 6) is 0. The van der Waals surface area contributed by atoms with Crippen LogP contribution >= 0.6 is 24.2 Å². The molecule has 90 valence electrons. The lowest BCUT2D eigenvalue weighted by Gasteiger charge is -2.13. The van der Waals surface area contributed by atoms with Gasteiger partial charge in [-0.05, 0) is 23.4 Å². The second-order valence-electron chi connectivity index (χ2n) is 2.85. The molecule has 0 radical (unpaired) electrons. The normalized spacial score (nSPS) is 12.8. The van der Waals surface area contributed by atoms with Gasteiger partial charge in [-0.2, -0.15) is 13.2 Å². The van der Waals surface area contributed by atoms with Crippen molar-refractivity contribution in [2.24, 2.45) is 5.73 Å². The first kappa shape index (κ1) is 15.3. The fourth-order valence-corrected chi connectivity index (χ4v) is 1.82. The lowest BCUT2D eigenvalue weighted by Crippen LogP contribution is -2.09. The Bertz CT molecular complexity index is 354. The second kappa shape index (κ2) is 6.18. The van der Waals surface area contributed by atoms with Gasteiger partial charge in [-0.1, -0.05) is 24.3 Å². The first-order chi connectivity index (χ1) is 6.94. The smallest absolute Gasteiger partial charge is 0.321 e. The molecule has 1 nitrogen and oxygen atoms in total. The topological polar surface area (TPSA) is 26.0 Å². The molecule has 2 N–H and O–H groups in total. The summed E-state index contributed by atoms with van der Waals surface area (Å²) >= 11 is -0.157. The molecule has 1 rings (SSSR count). The molecule has 1 atom stereocenters. The Labute approximate surface area is 102 Å². The van der Waals surface area contributed by atoms with Gasteiger partial charge in [-0.25, -0.2) is 0 Å². The SMILES string of the molecule is C=C[C@@H](N)c1ccccc1SC(F)(F)F.Cl. The lowest BCUT2D eigenvalue weighted by molar-refractivity contribution is -0.0328. The summed E-state index contributed by atoms with van der Waals surface area (Å²) in [4.78, 5) is 0.123. The van der Waals surface area contributed by atoms with Crippen LogP contribution < -0.4 is 5.73 Å². The van der Waals surface area contributed by atoms with E-state index in [4.69, 9.17) is 5.73 Å². The molecular weight excluding hydrogens is 259 g/mol. The highest BCUT2D eigenvalue weighted by Crippen LogP contribution is 2.39. The Balaban J connectivity index is 0.00000225. The summed E-state index contributed by atoms with van der Waals surface area (Å²) in [6.45, 7) is 3.46. The molecule has 6 heteroatoms. The van der Waals surface area contributed by atoms with Crippen LogP contribution in [0.25, 0.3) is 0 Å². The maximum atomic E-state index is 12.2. The summed E-state index contributed by atoms with van der Waals surface area (Å²) in [5.41, 5.74) is 1.76. The van der Waals surface area contributed by atoms with Crippen molar-refractivity contribution in [3.8, 4) is 0 Å². The van der Waals surface area contributed by atoms with Gasteiger partial charge in [0.1, 0.15) is 0 Å². The molecule has 0 aliphatic rings. The fraction of sp³-hybridized carbons (Fsp3) is 0.200. The van der Waals surface area contributed by atoms with E-state index in [1.807, 2.05) is 0 Å². The molecule has 0 saturated carbocycles. The van der Waals surface area contributed by atoms with Crippen molar-refractivity contribution < 1.29 is 13.2 Å². The summed E-state index contributed by atoms with van der Waals surface area (Å²) in [6, 6.07) is 5.60. The molecule has 0 spiro atoms. The molecule has 0 amide bonds. The van der Waals surface area contributed by atoms with Crippen molar-refractivity contribution in [3.05, 3.63) is 42.5 Å². The van der Waals surface area contributed by atoms with Crippen LogP contribution in [0.15, 0.2) is 41.8 Å². The monoisotopic (exact) mass is 269 g/mol. The quantitative estimate of drug-likeness (QED) is 0.665. The van der Waals surface area contributed by atoms with Crippen LogP contribution in [0, 0.1) is 0 Å². The molecule has 0 unspecified atom stereocenters. The highest BCUT2D eigenvalue weighted by atomic mass is 35.5. The van der Waals surface area contributed by atoms with Gasteiger partial charge in [0.2, 0.25) is 0 Å². The third kappa shape index (κ3) is 4.47. The van der Waals surface area contributed by atoms with E-state index in [2.05, 4.69) is 6.58 Å². The lowest BCUT2D eigenvalue weighted by atomic mass is 10.1. The van der Waals surface area contributed by atoms with Crippen LogP contribution in [0.3, 0.4) is 0 Å². The number of rotatable bonds is 3. The van der Waals surface area contributed by atoms with Crippen molar-refractivity contribution in [1.29, 1.82) is 0 Å². The van der Waals surface area contributed by atoms with Gasteiger partial charge in [-0.3, -0.25) is 0 Å². The van der Waals surface area contributed by atoms with Crippen LogP contribution in [0.5, 0.6) is 0 Å². The molecular formula is C10H11ClF3NS. The van der Waals surface area contributed by atoms with E-state index in [-0.39, 0.29) is 29.1 Å². The predicted octanol–water partition coefficient (Wildman–Crippen LogP) is 3.91.